The number of hydrogen-bond acceptors (Lipinski definition) is 5. The number of ether oxygens (including phenoxy) is 1. The summed E-state index contributed by atoms with van der Waals surface area (Å²) in [5.74, 6) is -1.88. The van der Waals surface area contributed by atoms with Crippen LogP contribution in [0.15, 0.2) is 30.1 Å². The van der Waals surface area contributed by atoms with E-state index in [1.54, 1.807) is 18.0 Å². The van der Waals surface area contributed by atoms with Crippen LogP contribution >= 0.6 is 0 Å². The van der Waals surface area contributed by atoms with Gasteiger partial charge < -0.3 is 19.1 Å². The van der Waals surface area contributed by atoms with Gasteiger partial charge in [-0.3, -0.25) is 4.72 Å². The van der Waals surface area contributed by atoms with Gasteiger partial charge in [-0.05, 0) is 88.4 Å². The number of hydrogen-bond donors (Lipinski definition) is 1. The van der Waals surface area contributed by atoms with Gasteiger partial charge in [0.15, 0.2) is 5.82 Å². The zero-order valence-electron chi connectivity index (χ0n) is 26.2. The van der Waals surface area contributed by atoms with Crippen molar-refractivity contribution in [1.29, 1.82) is 0 Å². The van der Waals surface area contributed by atoms with E-state index in [1.165, 1.54) is 4.57 Å². The maximum absolute atomic E-state index is 15.8. The van der Waals surface area contributed by atoms with Crippen LogP contribution in [-0.2, 0) is 14.8 Å². The minimum atomic E-state index is -3.77. The number of fused-ring (bicyclic) bond motifs is 1. The smallest absolute Gasteiger partial charge is 0.410 e. The van der Waals surface area contributed by atoms with Gasteiger partial charge in [-0.15, -0.1) is 0 Å². The van der Waals surface area contributed by atoms with E-state index in [9.17, 15) is 13.2 Å². The molecule has 236 valence electrons. The molecule has 2 heterocycles. The number of halogens is 2. The van der Waals surface area contributed by atoms with Crippen LogP contribution in [0.3, 0.4) is 0 Å². The lowest BCUT2D eigenvalue weighted by Gasteiger charge is -2.40. The summed E-state index contributed by atoms with van der Waals surface area (Å²) >= 11 is 0. The van der Waals surface area contributed by atoms with Crippen LogP contribution in [-0.4, -0.2) is 66.4 Å². The van der Waals surface area contributed by atoms with E-state index in [1.807, 2.05) is 39.8 Å². The average molecular weight is 619 g/mol. The maximum Gasteiger partial charge on any atom is 0.410 e. The number of anilines is 1. The molecule has 1 N–H and O–H groups in total. The van der Waals surface area contributed by atoms with E-state index in [4.69, 9.17) is 4.74 Å². The minimum Gasteiger partial charge on any atom is -0.444 e. The first-order valence-corrected chi connectivity index (χ1v) is 16.6. The van der Waals surface area contributed by atoms with E-state index in [-0.39, 0.29) is 35.2 Å². The molecule has 0 spiro atoms. The standard InChI is InChI=1S/C32H44F2N4O4S/c1-8-18-43(40,41)35-26-11-10-25(33)30(29(26)34)38-20-21(3)24-19-22(9-2)27(12-13-28(24)38)36(7)23-14-16-37(17-15-23)31(39)42-32(4,5)6/h10-13,19-20,22-23,35H,8-9,14-18H2,1-7H3. The number of allylic oxidation sites excluding steroid dienone is 2. The van der Waals surface area contributed by atoms with Crippen LogP contribution in [0.25, 0.3) is 17.8 Å². The Balaban J connectivity index is 1.67. The lowest BCUT2D eigenvalue weighted by Crippen LogP contribution is -2.47. The van der Waals surface area contributed by atoms with Crippen LogP contribution in [0.1, 0.15) is 65.9 Å². The summed E-state index contributed by atoms with van der Waals surface area (Å²) in [6.07, 6.45) is 10.2. The molecule has 1 unspecified atom stereocenters. The highest BCUT2D eigenvalue weighted by molar-refractivity contribution is 7.92. The fraction of sp³-hybridized carbons (Fsp3) is 0.531. The Kier molecular flexibility index (Phi) is 9.63. The quantitative estimate of drug-likeness (QED) is 0.449. The second-order valence-corrected chi connectivity index (χ2v) is 14.3. The Bertz CT molecular complexity index is 1620. The fourth-order valence-electron chi connectivity index (χ4n) is 5.82. The van der Waals surface area contributed by atoms with E-state index in [2.05, 4.69) is 29.7 Å². The van der Waals surface area contributed by atoms with Gasteiger partial charge >= 0.3 is 6.09 Å². The number of benzene rings is 1. The first kappa shape index (κ1) is 32.6. The molecule has 11 heteroatoms. The third-order valence-electron chi connectivity index (χ3n) is 8.00. The van der Waals surface area contributed by atoms with E-state index < -0.39 is 27.3 Å². The van der Waals surface area contributed by atoms with Gasteiger partial charge in [0, 0.05) is 44.0 Å². The third-order valence-corrected chi connectivity index (χ3v) is 9.48. The molecule has 1 aliphatic carbocycles. The molecule has 1 amide bonds. The Morgan fingerprint density at radius 3 is 2.42 bits per heavy atom. The predicted octanol–water partition coefficient (Wildman–Crippen LogP) is 5.03. The number of nitrogens with one attached hydrogen (secondary N) is 1. The van der Waals surface area contributed by atoms with Gasteiger partial charge in [-0.1, -0.05) is 19.9 Å². The van der Waals surface area contributed by atoms with Crippen molar-refractivity contribution in [3.05, 3.63) is 57.9 Å². The molecule has 0 radical (unpaired) electrons. The van der Waals surface area contributed by atoms with Crippen LogP contribution < -0.4 is 15.3 Å². The zero-order valence-corrected chi connectivity index (χ0v) is 27.0. The highest BCUT2D eigenvalue weighted by Crippen LogP contribution is 2.29. The normalized spacial score (nSPS) is 17.7. The van der Waals surface area contributed by atoms with Gasteiger partial charge in [-0.25, -0.2) is 22.0 Å². The molecule has 1 aliphatic heterocycles. The largest absolute Gasteiger partial charge is 0.444 e. The molecule has 1 atom stereocenters. The number of carbonyl (C=O) groups is 1. The molecule has 1 fully saturated rings. The van der Waals surface area contributed by atoms with Gasteiger partial charge in [0.25, 0.3) is 0 Å². The minimum absolute atomic E-state index is 0.0582. The van der Waals surface area contributed by atoms with Gasteiger partial charge in [0.05, 0.1) is 16.8 Å². The lowest BCUT2D eigenvalue weighted by molar-refractivity contribution is 0.0167. The second-order valence-electron chi connectivity index (χ2n) is 12.4. The summed E-state index contributed by atoms with van der Waals surface area (Å²) in [7, 11) is -1.71. The highest BCUT2D eigenvalue weighted by Gasteiger charge is 2.30. The number of aromatic nitrogens is 1. The van der Waals surface area contributed by atoms with Crippen molar-refractivity contribution in [2.75, 3.05) is 30.6 Å². The maximum atomic E-state index is 15.8. The van der Waals surface area contributed by atoms with Crippen LogP contribution in [0.2, 0.25) is 0 Å². The SMILES string of the molecule is CCCS(=O)(=O)Nc1ccc(F)c(-n2cc(C)c3c2=CC=C(N(C)C2CCN(C(=O)OC(C)(C)C)CC2)C(CC)C=3)c1F. The summed E-state index contributed by atoms with van der Waals surface area (Å²) in [5.41, 5.74) is 0.771. The summed E-state index contributed by atoms with van der Waals surface area (Å²) in [4.78, 5) is 16.6. The first-order valence-electron chi connectivity index (χ1n) is 15.0. The molecule has 2 aromatic rings. The molecule has 0 saturated carbocycles. The number of nitrogens with zero attached hydrogens (tertiary/aromatic N) is 3. The fourth-order valence-corrected chi connectivity index (χ4v) is 6.95. The van der Waals surface area contributed by atoms with Crippen LogP contribution in [0.5, 0.6) is 0 Å². The monoisotopic (exact) mass is 618 g/mol. The van der Waals surface area contributed by atoms with E-state index in [0.717, 1.165) is 47.9 Å². The van der Waals surface area contributed by atoms with Crippen molar-refractivity contribution in [3.8, 4) is 5.69 Å². The highest BCUT2D eigenvalue weighted by atomic mass is 32.2. The Morgan fingerprint density at radius 2 is 1.81 bits per heavy atom. The molecule has 4 rings (SSSR count). The van der Waals surface area contributed by atoms with Crippen molar-refractivity contribution in [3.63, 3.8) is 0 Å². The van der Waals surface area contributed by atoms with Gasteiger partial charge in [0.1, 0.15) is 17.1 Å². The third kappa shape index (κ3) is 7.25. The lowest BCUT2D eigenvalue weighted by atomic mass is 9.96. The van der Waals surface area contributed by atoms with Gasteiger partial charge in [0.2, 0.25) is 10.0 Å². The molecule has 1 saturated heterocycles. The predicted molar refractivity (Wildman–Crippen MR) is 167 cm³/mol. The van der Waals surface area contributed by atoms with Crippen molar-refractivity contribution >= 4 is 34.0 Å². The summed E-state index contributed by atoms with van der Waals surface area (Å²) in [6, 6.07) is 2.40. The molecule has 1 aromatic heterocycles. The number of carbonyl (C=O) groups excluding carboxylic acids is 1. The number of piperidine rings is 1. The van der Waals surface area contributed by atoms with Crippen molar-refractivity contribution in [2.45, 2.75) is 78.9 Å². The van der Waals surface area contributed by atoms with Gasteiger partial charge in [-0.2, -0.15) is 0 Å². The number of likely N-dealkylation sites (tertiary alicyclic amines) is 1. The van der Waals surface area contributed by atoms with Crippen molar-refractivity contribution in [1.82, 2.24) is 14.4 Å². The molecular weight excluding hydrogens is 574 g/mol. The van der Waals surface area contributed by atoms with E-state index >= 15 is 8.78 Å². The number of amides is 1. The summed E-state index contributed by atoms with van der Waals surface area (Å²) < 4.78 is 65.0. The number of aryl methyl sites for hydroxylation is 1. The first-order chi connectivity index (χ1) is 20.2. The number of rotatable bonds is 8. The summed E-state index contributed by atoms with van der Waals surface area (Å²) in [5, 5.41) is 1.49. The number of sulfonamides is 1. The molecule has 2 aliphatic rings. The van der Waals surface area contributed by atoms with Crippen molar-refractivity contribution < 1.29 is 26.7 Å². The van der Waals surface area contributed by atoms with Crippen molar-refractivity contribution in [2.24, 2.45) is 5.92 Å². The average Bonchev–Trinajstić information content (AvgIpc) is 3.10. The Labute approximate surface area is 253 Å². The van der Waals surface area contributed by atoms with E-state index in [0.29, 0.717) is 24.9 Å². The molecule has 8 nitrogen and oxygen atoms in total. The summed E-state index contributed by atoms with van der Waals surface area (Å²) in [6.45, 7) is 12.5. The molecule has 0 bridgehead atoms. The Hall–Kier alpha value is -3.34. The molecular formula is C32H44F2N4O4S. The van der Waals surface area contributed by atoms with Crippen LogP contribution in [0.4, 0.5) is 19.3 Å². The molecule has 1 aromatic carbocycles. The second kappa shape index (κ2) is 12.7. The molecule has 43 heavy (non-hydrogen) atoms. The Morgan fingerprint density at radius 1 is 1.14 bits per heavy atom. The topological polar surface area (TPSA) is 83.9 Å². The van der Waals surface area contributed by atoms with Crippen LogP contribution in [0, 0.1) is 24.5 Å². The zero-order chi connectivity index (χ0) is 31.7.